The molecule has 2 N–H and O–H groups in total. The summed E-state index contributed by atoms with van der Waals surface area (Å²) in [5.41, 5.74) is 1.25. The minimum absolute atomic E-state index is 0.185. The van der Waals surface area contributed by atoms with Crippen molar-refractivity contribution in [2.75, 3.05) is 13.2 Å². The molecule has 0 aliphatic heterocycles. The van der Waals surface area contributed by atoms with Crippen molar-refractivity contribution in [3.8, 4) is 0 Å². The second kappa shape index (κ2) is 5.95. The minimum Gasteiger partial charge on any atom is -0.395 e. The fourth-order valence-electron chi connectivity index (χ4n) is 0.981. The van der Waals surface area contributed by atoms with Gasteiger partial charge < -0.3 is 10.4 Å². The van der Waals surface area contributed by atoms with Crippen LogP contribution in [0.4, 0.5) is 0 Å². The molecule has 0 saturated carbocycles. The van der Waals surface area contributed by atoms with Gasteiger partial charge in [0.25, 0.3) is 0 Å². The lowest BCUT2D eigenvalue weighted by Gasteiger charge is -2.05. The summed E-state index contributed by atoms with van der Waals surface area (Å²) in [5, 5.41) is 11.7. The van der Waals surface area contributed by atoms with Crippen LogP contribution < -0.4 is 5.32 Å². The number of rotatable bonds is 4. The van der Waals surface area contributed by atoms with Crippen LogP contribution in [-0.2, 0) is 6.54 Å². The van der Waals surface area contributed by atoms with Gasteiger partial charge in [-0.2, -0.15) is 0 Å². The van der Waals surface area contributed by atoms with E-state index in [1.165, 1.54) is 9.13 Å². The Labute approximate surface area is 100.0 Å². The Hall–Kier alpha value is 0.350. The SMILES string of the molecule is OCCNCc1cc(Br)ccc1I. The van der Waals surface area contributed by atoms with Crippen LogP contribution >= 0.6 is 38.5 Å². The number of nitrogens with one attached hydrogen (secondary N) is 1. The van der Waals surface area contributed by atoms with Crippen molar-refractivity contribution >= 4 is 38.5 Å². The van der Waals surface area contributed by atoms with E-state index in [1.54, 1.807) is 0 Å². The maximum absolute atomic E-state index is 8.59. The molecule has 72 valence electrons. The van der Waals surface area contributed by atoms with E-state index in [1.807, 2.05) is 6.07 Å². The zero-order valence-corrected chi connectivity index (χ0v) is 10.8. The molecule has 0 fully saturated rings. The van der Waals surface area contributed by atoms with Crippen LogP contribution in [0.5, 0.6) is 0 Å². The van der Waals surface area contributed by atoms with E-state index in [0.29, 0.717) is 6.54 Å². The quantitative estimate of drug-likeness (QED) is 0.640. The minimum atomic E-state index is 0.185. The molecular weight excluding hydrogens is 345 g/mol. The van der Waals surface area contributed by atoms with E-state index in [2.05, 4.69) is 56.0 Å². The third-order valence-corrected chi connectivity index (χ3v) is 3.16. The van der Waals surface area contributed by atoms with Crippen LogP contribution in [0, 0.1) is 3.57 Å². The van der Waals surface area contributed by atoms with Crippen LogP contribution in [0.2, 0.25) is 0 Å². The summed E-state index contributed by atoms with van der Waals surface area (Å²) in [6.45, 7) is 1.63. The van der Waals surface area contributed by atoms with Gasteiger partial charge >= 0.3 is 0 Å². The third-order valence-electron chi connectivity index (χ3n) is 1.61. The Balaban J connectivity index is 2.59. The average molecular weight is 356 g/mol. The van der Waals surface area contributed by atoms with Gasteiger partial charge in [0.05, 0.1) is 6.61 Å². The molecule has 4 heteroatoms. The smallest absolute Gasteiger partial charge is 0.0556 e. The molecule has 0 aromatic heterocycles. The molecule has 1 aromatic carbocycles. The topological polar surface area (TPSA) is 32.3 Å². The van der Waals surface area contributed by atoms with Crippen molar-refractivity contribution in [1.82, 2.24) is 5.32 Å². The van der Waals surface area contributed by atoms with E-state index in [-0.39, 0.29) is 6.61 Å². The second-order valence-electron chi connectivity index (χ2n) is 2.64. The second-order valence-corrected chi connectivity index (χ2v) is 4.71. The molecule has 13 heavy (non-hydrogen) atoms. The number of hydrogen-bond acceptors (Lipinski definition) is 2. The molecule has 0 aliphatic carbocycles. The molecule has 0 radical (unpaired) electrons. The van der Waals surface area contributed by atoms with Gasteiger partial charge in [-0.1, -0.05) is 15.9 Å². The zero-order chi connectivity index (χ0) is 9.68. The van der Waals surface area contributed by atoms with E-state index in [0.717, 1.165) is 11.0 Å². The first kappa shape index (κ1) is 11.4. The van der Waals surface area contributed by atoms with Gasteiger partial charge in [0.1, 0.15) is 0 Å². The molecule has 0 aliphatic rings. The van der Waals surface area contributed by atoms with Crippen LogP contribution in [0.15, 0.2) is 22.7 Å². The summed E-state index contributed by atoms with van der Waals surface area (Å²) in [6, 6.07) is 6.18. The molecular formula is C9H11BrINO. The Bertz CT molecular complexity index is 280. The highest BCUT2D eigenvalue weighted by molar-refractivity contribution is 14.1. The molecule has 2 nitrogen and oxygen atoms in total. The molecule has 0 atom stereocenters. The third kappa shape index (κ3) is 3.93. The summed E-state index contributed by atoms with van der Waals surface area (Å²) in [6.07, 6.45) is 0. The highest BCUT2D eigenvalue weighted by atomic mass is 127. The molecule has 0 amide bonds. The van der Waals surface area contributed by atoms with Gasteiger partial charge in [-0.25, -0.2) is 0 Å². The van der Waals surface area contributed by atoms with E-state index >= 15 is 0 Å². The lowest BCUT2D eigenvalue weighted by Crippen LogP contribution is -2.18. The number of benzene rings is 1. The van der Waals surface area contributed by atoms with Crippen molar-refractivity contribution in [1.29, 1.82) is 0 Å². The maximum Gasteiger partial charge on any atom is 0.0556 e. The van der Waals surface area contributed by atoms with Gasteiger partial charge in [-0.05, 0) is 46.4 Å². The van der Waals surface area contributed by atoms with Crippen molar-refractivity contribution < 1.29 is 5.11 Å². The van der Waals surface area contributed by atoms with Crippen LogP contribution in [0.3, 0.4) is 0 Å². The Kier molecular flexibility index (Phi) is 5.23. The predicted molar refractivity (Wildman–Crippen MR) is 65.7 cm³/mol. The summed E-state index contributed by atoms with van der Waals surface area (Å²) in [7, 11) is 0. The van der Waals surface area contributed by atoms with Gasteiger partial charge in [0.15, 0.2) is 0 Å². The number of aliphatic hydroxyl groups is 1. The molecule has 0 saturated heterocycles. The number of aliphatic hydroxyl groups excluding tert-OH is 1. The molecule has 0 spiro atoms. The monoisotopic (exact) mass is 355 g/mol. The van der Waals surface area contributed by atoms with E-state index in [9.17, 15) is 0 Å². The van der Waals surface area contributed by atoms with Crippen molar-refractivity contribution in [2.24, 2.45) is 0 Å². The number of halogens is 2. The Morgan fingerprint density at radius 3 is 2.92 bits per heavy atom. The molecule has 1 aromatic rings. The fraction of sp³-hybridized carbons (Fsp3) is 0.333. The van der Waals surface area contributed by atoms with Gasteiger partial charge in [0, 0.05) is 21.1 Å². The summed E-state index contributed by atoms with van der Waals surface area (Å²) in [4.78, 5) is 0. The lowest BCUT2D eigenvalue weighted by atomic mass is 10.2. The Morgan fingerprint density at radius 1 is 1.46 bits per heavy atom. The van der Waals surface area contributed by atoms with Crippen molar-refractivity contribution in [3.63, 3.8) is 0 Å². The van der Waals surface area contributed by atoms with Crippen molar-refractivity contribution in [2.45, 2.75) is 6.54 Å². The fourth-order valence-corrected chi connectivity index (χ4v) is 1.92. The molecule has 0 unspecified atom stereocenters. The van der Waals surface area contributed by atoms with E-state index < -0.39 is 0 Å². The lowest BCUT2D eigenvalue weighted by molar-refractivity contribution is 0.292. The summed E-state index contributed by atoms with van der Waals surface area (Å²) in [5.74, 6) is 0. The largest absolute Gasteiger partial charge is 0.395 e. The first-order valence-corrected chi connectivity index (χ1v) is 5.86. The van der Waals surface area contributed by atoms with Crippen LogP contribution in [0.1, 0.15) is 5.56 Å². The summed E-state index contributed by atoms with van der Waals surface area (Å²) < 4.78 is 2.33. The summed E-state index contributed by atoms with van der Waals surface area (Å²) >= 11 is 5.73. The average Bonchev–Trinajstić information content (AvgIpc) is 2.11. The predicted octanol–water partition coefficient (Wildman–Crippen LogP) is 2.14. The molecule has 0 bridgehead atoms. The maximum atomic E-state index is 8.59. The molecule has 0 heterocycles. The van der Waals surface area contributed by atoms with Crippen molar-refractivity contribution in [3.05, 3.63) is 31.8 Å². The van der Waals surface area contributed by atoms with E-state index in [4.69, 9.17) is 5.11 Å². The zero-order valence-electron chi connectivity index (χ0n) is 7.06. The van der Waals surface area contributed by atoms with Gasteiger partial charge in [0.2, 0.25) is 0 Å². The molecule has 1 rings (SSSR count). The highest BCUT2D eigenvalue weighted by Crippen LogP contribution is 2.17. The highest BCUT2D eigenvalue weighted by Gasteiger charge is 1.99. The Morgan fingerprint density at radius 2 is 2.23 bits per heavy atom. The van der Waals surface area contributed by atoms with Gasteiger partial charge in [-0.3, -0.25) is 0 Å². The number of hydrogen-bond donors (Lipinski definition) is 2. The van der Waals surface area contributed by atoms with Crippen LogP contribution in [0.25, 0.3) is 0 Å². The normalized spacial score (nSPS) is 10.4. The van der Waals surface area contributed by atoms with Crippen LogP contribution in [-0.4, -0.2) is 18.3 Å². The first-order chi connectivity index (χ1) is 6.24. The standard InChI is InChI=1S/C9H11BrINO/c10-8-1-2-9(11)7(5-8)6-12-3-4-13/h1-2,5,12-13H,3-4,6H2. The van der Waals surface area contributed by atoms with Gasteiger partial charge in [-0.15, -0.1) is 0 Å². The first-order valence-electron chi connectivity index (χ1n) is 3.99.